The first-order chi connectivity index (χ1) is 10.8. The van der Waals surface area contributed by atoms with Crippen molar-refractivity contribution in [2.45, 2.75) is 13.8 Å². The lowest BCUT2D eigenvalue weighted by atomic mass is 9.99. The number of amidine groups is 1. The molecule has 0 radical (unpaired) electrons. The number of aryl methyl sites for hydroxylation is 1. The summed E-state index contributed by atoms with van der Waals surface area (Å²) in [6.07, 6.45) is 0. The molecule has 0 N–H and O–H groups in total. The number of ketones is 1. The van der Waals surface area contributed by atoms with Gasteiger partial charge in [0.25, 0.3) is 0 Å². The normalized spacial score (nSPS) is 11.5. The average Bonchev–Trinajstić information content (AvgIpc) is 2.49. The molecule has 2 rings (SSSR count). The minimum atomic E-state index is -0.188. The Hall–Kier alpha value is -1.84. The first-order valence-electron chi connectivity index (χ1n) is 7.13. The molecule has 0 atom stereocenters. The Morgan fingerprint density at radius 3 is 2.35 bits per heavy atom. The van der Waals surface area contributed by atoms with Gasteiger partial charge in [-0.25, -0.2) is 4.99 Å². The van der Waals surface area contributed by atoms with E-state index in [-0.39, 0.29) is 5.78 Å². The highest BCUT2D eigenvalue weighted by Gasteiger charge is 2.19. The number of carbonyl (C=O) groups is 1. The Morgan fingerprint density at radius 1 is 1.09 bits per heavy atom. The largest absolute Gasteiger partial charge is 0.366 e. The van der Waals surface area contributed by atoms with Crippen LogP contribution in [0.1, 0.15) is 28.4 Å². The van der Waals surface area contributed by atoms with Crippen LogP contribution in [0.25, 0.3) is 0 Å². The second-order valence-corrected chi connectivity index (χ2v) is 6.32. The lowest BCUT2D eigenvalue weighted by Gasteiger charge is -2.15. The molecule has 0 amide bonds. The Morgan fingerprint density at radius 2 is 1.74 bits per heavy atom. The highest BCUT2D eigenvalue weighted by atomic mass is 35.5. The molecular weight excluding hydrogens is 331 g/mol. The van der Waals surface area contributed by atoms with Crippen molar-refractivity contribution >= 4 is 40.5 Å². The summed E-state index contributed by atoms with van der Waals surface area (Å²) in [5, 5.41) is 0.911. The number of nitrogens with zero attached hydrogens (tertiary/aromatic N) is 2. The number of carbonyl (C=O) groups excluding carboxylic acids is 1. The quantitative estimate of drug-likeness (QED) is 0.436. The fraction of sp³-hybridized carbons (Fsp3) is 0.222. The Kier molecular flexibility index (Phi) is 5.45. The van der Waals surface area contributed by atoms with Crippen LogP contribution in [0.2, 0.25) is 10.0 Å². The molecule has 0 aliphatic heterocycles. The standard InChI is InChI=1S/C18H18Cl2N2O/c1-11-9-13(19)10-15(17(11)21-12(2)22(3)4)18(23)14-7-5-6-8-16(14)20/h5-10H,1-4H3. The van der Waals surface area contributed by atoms with Crippen LogP contribution in [-0.4, -0.2) is 30.6 Å². The molecule has 3 nitrogen and oxygen atoms in total. The van der Waals surface area contributed by atoms with Gasteiger partial charge in [-0.2, -0.15) is 0 Å². The zero-order chi connectivity index (χ0) is 17.1. The fourth-order valence-corrected chi connectivity index (χ4v) is 2.60. The number of hydrogen-bond donors (Lipinski definition) is 0. The predicted octanol–water partition coefficient (Wildman–Crippen LogP) is 5.14. The van der Waals surface area contributed by atoms with Crippen LogP contribution >= 0.6 is 23.2 Å². The highest BCUT2D eigenvalue weighted by Crippen LogP contribution is 2.31. The molecule has 120 valence electrons. The van der Waals surface area contributed by atoms with Gasteiger partial charge in [0.15, 0.2) is 5.78 Å². The monoisotopic (exact) mass is 348 g/mol. The van der Waals surface area contributed by atoms with Gasteiger partial charge in [-0.1, -0.05) is 35.3 Å². The molecule has 0 saturated heterocycles. The average molecular weight is 349 g/mol. The van der Waals surface area contributed by atoms with Crippen molar-refractivity contribution in [3.63, 3.8) is 0 Å². The maximum absolute atomic E-state index is 12.9. The second kappa shape index (κ2) is 7.16. The summed E-state index contributed by atoms with van der Waals surface area (Å²) in [6, 6.07) is 10.4. The van der Waals surface area contributed by atoms with Gasteiger partial charge in [-0.3, -0.25) is 4.79 Å². The molecule has 0 aliphatic rings. The molecule has 0 saturated carbocycles. The Bertz CT molecular complexity index is 783. The van der Waals surface area contributed by atoms with Crippen LogP contribution in [0.15, 0.2) is 41.4 Å². The van der Waals surface area contributed by atoms with Gasteiger partial charge >= 0.3 is 0 Å². The molecule has 2 aromatic rings. The Balaban J connectivity index is 2.64. The summed E-state index contributed by atoms with van der Waals surface area (Å²) in [4.78, 5) is 19.4. The van der Waals surface area contributed by atoms with Gasteiger partial charge in [0.1, 0.15) is 5.84 Å². The third kappa shape index (κ3) is 3.92. The smallest absolute Gasteiger partial charge is 0.196 e. The van der Waals surface area contributed by atoms with Crippen molar-refractivity contribution in [1.82, 2.24) is 4.90 Å². The summed E-state index contributed by atoms with van der Waals surface area (Å²) in [5.41, 5.74) is 2.35. The van der Waals surface area contributed by atoms with Gasteiger partial charge in [-0.05, 0) is 43.7 Å². The topological polar surface area (TPSA) is 32.7 Å². The third-order valence-electron chi connectivity index (χ3n) is 3.55. The van der Waals surface area contributed by atoms with Crippen LogP contribution < -0.4 is 0 Å². The lowest BCUT2D eigenvalue weighted by Crippen LogP contribution is -2.18. The van der Waals surface area contributed by atoms with E-state index in [0.717, 1.165) is 11.4 Å². The van der Waals surface area contributed by atoms with E-state index in [4.69, 9.17) is 23.2 Å². The van der Waals surface area contributed by atoms with E-state index >= 15 is 0 Å². The van der Waals surface area contributed by atoms with Gasteiger partial charge < -0.3 is 4.90 Å². The number of hydrogen-bond acceptors (Lipinski definition) is 2. The van der Waals surface area contributed by atoms with Crippen LogP contribution in [0.5, 0.6) is 0 Å². The van der Waals surface area contributed by atoms with Crippen LogP contribution in [0, 0.1) is 6.92 Å². The summed E-state index contributed by atoms with van der Waals surface area (Å²) in [7, 11) is 3.80. The molecule has 0 aromatic heterocycles. The SMILES string of the molecule is CC(=Nc1c(C)cc(Cl)cc1C(=O)c1ccccc1Cl)N(C)C. The minimum Gasteiger partial charge on any atom is -0.366 e. The molecule has 0 fully saturated rings. The lowest BCUT2D eigenvalue weighted by molar-refractivity contribution is 0.103. The molecule has 23 heavy (non-hydrogen) atoms. The van der Waals surface area contributed by atoms with Crippen molar-refractivity contribution in [1.29, 1.82) is 0 Å². The number of rotatable bonds is 3. The van der Waals surface area contributed by atoms with E-state index in [1.54, 1.807) is 36.4 Å². The van der Waals surface area contributed by atoms with E-state index in [9.17, 15) is 4.79 Å². The van der Waals surface area contributed by atoms with Gasteiger partial charge in [0.2, 0.25) is 0 Å². The van der Waals surface area contributed by atoms with Crippen LogP contribution in [0.3, 0.4) is 0 Å². The zero-order valence-electron chi connectivity index (χ0n) is 13.5. The van der Waals surface area contributed by atoms with E-state index < -0.39 is 0 Å². The zero-order valence-corrected chi connectivity index (χ0v) is 15.0. The third-order valence-corrected chi connectivity index (χ3v) is 4.10. The molecule has 0 bridgehead atoms. The van der Waals surface area contributed by atoms with Crippen molar-refractivity contribution in [2.24, 2.45) is 4.99 Å². The van der Waals surface area contributed by atoms with Crippen LogP contribution in [-0.2, 0) is 0 Å². The van der Waals surface area contributed by atoms with Crippen molar-refractivity contribution in [2.75, 3.05) is 14.1 Å². The van der Waals surface area contributed by atoms with E-state index in [1.165, 1.54) is 0 Å². The number of halogens is 2. The highest BCUT2D eigenvalue weighted by molar-refractivity contribution is 6.35. The van der Waals surface area contributed by atoms with Crippen LogP contribution in [0.4, 0.5) is 5.69 Å². The second-order valence-electron chi connectivity index (χ2n) is 5.48. The predicted molar refractivity (Wildman–Crippen MR) is 97.5 cm³/mol. The van der Waals surface area contributed by atoms with E-state index in [1.807, 2.05) is 32.8 Å². The first kappa shape index (κ1) is 17.5. The summed E-state index contributed by atoms with van der Waals surface area (Å²) in [6.45, 7) is 3.77. The van der Waals surface area contributed by atoms with Crippen molar-refractivity contribution in [3.8, 4) is 0 Å². The molecule has 0 heterocycles. The summed E-state index contributed by atoms with van der Waals surface area (Å²) >= 11 is 12.3. The van der Waals surface area contributed by atoms with E-state index in [2.05, 4.69) is 4.99 Å². The molecule has 0 aliphatic carbocycles. The molecular formula is C18H18Cl2N2O. The molecule has 0 unspecified atom stereocenters. The number of benzene rings is 2. The summed E-state index contributed by atoms with van der Waals surface area (Å²) in [5.74, 6) is 0.607. The maximum Gasteiger partial charge on any atom is 0.196 e. The molecule has 2 aromatic carbocycles. The van der Waals surface area contributed by atoms with Gasteiger partial charge in [-0.15, -0.1) is 0 Å². The van der Waals surface area contributed by atoms with Gasteiger partial charge in [0.05, 0.1) is 16.3 Å². The summed E-state index contributed by atoms with van der Waals surface area (Å²) < 4.78 is 0. The first-order valence-corrected chi connectivity index (χ1v) is 7.89. The van der Waals surface area contributed by atoms with Crippen molar-refractivity contribution < 1.29 is 4.79 Å². The van der Waals surface area contributed by atoms with Crippen molar-refractivity contribution in [3.05, 3.63) is 63.1 Å². The molecule has 0 spiro atoms. The fourth-order valence-electron chi connectivity index (χ4n) is 2.11. The maximum atomic E-state index is 12.9. The van der Waals surface area contributed by atoms with Gasteiger partial charge in [0, 0.05) is 24.7 Å². The minimum absolute atomic E-state index is 0.188. The van der Waals surface area contributed by atoms with E-state index in [0.29, 0.717) is 26.9 Å². The number of aliphatic imine (C=N–C) groups is 1. The Labute approximate surface area is 146 Å². The molecule has 5 heteroatoms.